The van der Waals surface area contributed by atoms with E-state index in [0.29, 0.717) is 11.0 Å². The van der Waals surface area contributed by atoms with Crippen LogP contribution in [0.15, 0.2) is 18.2 Å². The molecule has 4 rings (SSSR count). The van der Waals surface area contributed by atoms with Gasteiger partial charge in [0.05, 0.1) is 52.5 Å². The lowest BCUT2D eigenvalue weighted by atomic mass is 9.64. The van der Waals surface area contributed by atoms with Crippen molar-refractivity contribution in [3.05, 3.63) is 29.3 Å². The highest BCUT2D eigenvalue weighted by Gasteiger charge is 2.75. The fourth-order valence-corrected chi connectivity index (χ4v) is 5.36. The van der Waals surface area contributed by atoms with Gasteiger partial charge in [0.1, 0.15) is 0 Å². The van der Waals surface area contributed by atoms with Crippen LogP contribution < -0.4 is 4.90 Å². The summed E-state index contributed by atoms with van der Waals surface area (Å²) >= 11 is 0. The number of carbonyl (C=O) groups excluding carboxylic acids is 2. The first-order chi connectivity index (χ1) is 14.3. The summed E-state index contributed by atoms with van der Waals surface area (Å²) in [5.41, 5.74) is -4.62. The normalized spacial score (nSPS) is 34.5. The number of hydrogen-bond donors (Lipinski definition) is 0. The van der Waals surface area contributed by atoms with E-state index in [0.717, 1.165) is 12.1 Å². The summed E-state index contributed by atoms with van der Waals surface area (Å²) in [5, 5.41) is 8.96. The zero-order valence-corrected chi connectivity index (χ0v) is 16.4. The second-order valence-corrected chi connectivity index (χ2v) is 8.40. The van der Waals surface area contributed by atoms with Gasteiger partial charge in [0.2, 0.25) is 11.8 Å². The highest BCUT2D eigenvalue weighted by Crippen LogP contribution is 2.63. The molecule has 0 radical (unpaired) electrons. The minimum atomic E-state index is -4.86. The number of fused-ring (bicyclic) bond motifs is 5. The summed E-state index contributed by atoms with van der Waals surface area (Å²) in [7, 11) is 0. The Balaban J connectivity index is 1.72. The average Bonchev–Trinajstić information content (AvgIpc) is 3.19. The Morgan fingerprint density at radius 1 is 1.26 bits per heavy atom. The first-order valence-electron chi connectivity index (χ1n) is 9.42. The van der Waals surface area contributed by atoms with Crippen LogP contribution >= 0.6 is 0 Å². The van der Waals surface area contributed by atoms with Crippen molar-refractivity contribution in [1.29, 1.82) is 5.26 Å². The van der Waals surface area contributed by atoms with Gasteiger partial charge in [0, 0.05) is 5.92 Å². The van der Waals surface area contributed by atoms with Gasteiger partial charge in [-0.15, -0.1) is 0 Å². The molecule has 166 valence electrons. The summed E-state index contributed by atoms with van der Waals surface area (Å²) in [5.74, 6) is -4.09. The number of anilines is 1. The van der Waals surface area contributed by atoms with Gasteiger partial charge in [0.25, 0.3) is 0 Å². The molecule has 31 heavy (non-hydrogen) atoms. The SMILES string of the molecule is C[C@]12O[C@](C)(C[C@H]1COC(F)F)[C@H]1C(=O)N(c3ccc(C#N)c(C(F)(F)F)c3)C(=O)[C@H]12. The van der Waals surface area contributed by atoms with Crippen molar-refractivity contribution in [2.24, 2.45) is 17.8 Å². The molecule has 2 bridgehead atoms. The molecule has 3 aliphatic rings. The minimum absolute atomic E-state index is 0.186. The predicted molar refractivity (Wildman–Crippen MR) is 93.6 cm³/mol. The zero-order chi connectivity index (χ0) is 22.9. The minimum Gasteiger partial charge on any atom is -0.367 e. The molecule has 0 unspecified atom stereocenters. The summed E-state index contributed by atoms with van der Waals surface area (Å²) in [6.07, 6.45) is -4.67. The van der Waals surface area contributed by atoms with E-state index < -0.39 is 64.7 Å². The predicted octanol–water partition coefficient (Wildman–Crippen LogP) is 3.49. The van der Waals surface area contributed by atoms with E-state index in [1.54, 1.807) is 6.92 Å². The van der Waals surface area contributed by atoms with E-state index in [4.69, 9.17) is 10.00 Å². The Labute approximate surface area is 173 Å². The van der Waals surface area contributed by atoms with E-state index in [1.165, 1.54) is 13.0 Å². The topological polar surface area (TPSA) is 79.6 Å². The maximum Gasteiger partial charge on any atom is 0.417 e. The Kier molecular flexibility index (Phi) is 4.68. The van der Waals surface area contributed by atoms with Gasteiger partial charge in [0.15, 0.2) is 0 Å². The molecule has 1 aromatic carbocycles. The number of imide groups is 1. The Bertz CT molecular complexity index is 1010. The third kappa shape index (κ3) is 3.03. The van der Waals surface area contributed by atoms with Gasteiger partial charge in [-0.25, -0.2) is 4.90 Å². The zero-order valence-electron chi connectivity index (χ0n) is 16.4. The van der Waals surface area contributed by atoms with Crippen molar-refractivity contribution in [1.82, 2.24) is 0 Å². The maximum absolute atomic E-state index is 13.4. The molecule has 0 N–H and O–H groups in total. The van der Waals surface area contributed by atoms with Crippen molar-refractivity contribution < 1.29 is 41.0 Å². The number of nitriles is 1. The van der Waals surface area contributed by atoms with Gasteiger partial charge >= 0.3 is 12.8 Å². The van der Waals surface area contributed by atoms with Gasteiger partial charge < -0.3 is 9.47 Å². The number of halogens is 5. The van der Waals surface area contributed by atoms with Gasteiger partial charge in [-0.2, -0.15) is 27.2 Å². The fraction of sp³-hybridized carbons (Fsp3) is 0.550. The van der Waals surface area contributed by atoms with Crippen LogP contribution in [0.2, 0.25) is 0 Å². The molecule has 0 spiro atoms. The molecule has 2 amide bonds. The summed E-state index contributed by atoms with van der Waals surface area (Å²) < 4.78 is 75.5. The molecule has 0 aliphatic carbocycles. The third-order valence-corrected chi connectivity index (χ3v) is 6.61. The monoisotopic (exact) mass is 444 g/mol. The van der Waals surface area contributed by atoms with Crippen LogP contribution in [0, 0.1) is 29.1 Å². The molecular formula is C20H17F5N2O4. The number of alkyl halides is 5. The molecule has 1 aromatic rings. The van der Waals surface area contributed by atoms with Crippen LogP contribution in [0.25, 0.3) is 0 Å². The van der Waals surface area contributed by atoms with Crippen LogP contribution in [0.5, 0.6) is 0 Å². The van der Waals surface area contributed by atoms with Crippen LogP contribution in [-0.4, -0.2) is 36.2 Å². The summed E-state index contributed by atoms with van der Waals surface area (Å²) in [6.45, 7) is -0.267. The highest BCUT2D eigenvalue weighted by molar-refractivity contribution is 6.23. The smallest absolute Gasteiger partial charge is 0.367 e. The molecule has 5 atom stereocenters. The largest absolute Gasteiger partial charge is 0.417 e. The highest BCUT2D eigenvalue weighted by atomic mass is 19.4. The molecule has 3 saturated heterocycles. The average molecular weight is 444 g/mol. The van der Waals surface area contributed by atoms with Crippen LogP contribution in [0.3, 0.4) is 0 Å². The number of carbonyl (C=O) groups is 2. The Morgan fingerprint density at radius 3 is 2.48 bits per heavy atom. The molecule has 3 fully saturated rings. The lowest BCUT2D eigenvalue weighted by Gasteiger charge is -2.35. The molecular weight excluding hydrogens is 427 g/mol. The van der Waals surface area contributed by atoms with E-state index >= 15 is 0 Å². The number of ether oxygens (including phenoxy) is 2. The lowest BCUT2D eigenvalue weighted by Crippen LogP contribution is -2.47. The van der Waals surface area contributed by atoms with Crippen molar-refractivity contribution in [2.45, 2.75) is 44.3 Å². The molecule has 6 nitrogen and oxygen atoms in total. The van der Waals surface area contributed by atoms with Crippen molar-refractivity contribution in [3.8, 4) is 6.07 Å². The Hall–Kier alpha value is -2.58. The van der Waals surface area contributed by atoms with Crippen molar-refractivity contribution in [2.75, 3.05) is 11.5 Å². The number of amides is 2. The molecule has 3 aliphatic heterocycles. The first kappa shape index (κ1) is 21.6. The summed E-state index contributed by atoms with van der Waals surface area (Å²) in [6, 6.07) is 4.05. The van der Waals surface area contributed by atoms with E-state index in [-0.39, 0.29) is 18.7 Å². The summed E-state index contributed by atoms with van der Waals surface area (Å²) in [4.78, 5) is 27.1. The van der Waals surface area contributed by atoms with Crippen LogP contribution in [0.1, 0.15) is 31.4 Å². The fourth-order valence-electron chi connectivity index (χ4n) is 5.36. The second kappa shape index (κ2) is 6.71. The number of hydrogen-bond acceptors (Lipinski definition) is 5. The lowest BCUT2D eigenvalue weighted by molar-refractivity contribution is -0.155. The second-order valence-electron chi connectivity index (χ2n) is 8.40. The van der Waals surface area contributed by atoms with Gasteiger partial charge in [-0.1, -0.05) is 0 Å². The van der Waals surface area contributed by atoms with E-state index in [9.17, 15) is 31.5 Å². The van der Waals surface area contributed by atoms with Crippen molar-refractivity contribution >= 4 is 17.5 Å². The number of benzene rings is 1. The van der Waals surface area contributed by atoms with Crippen LogP contribution in [-0.2, 0) is 25.2 Å². The van der Waals surface area contributed by atoms with Crippen molar-refractivity contribution in [3.63, 3.8) is 0 Å². The standard InChI is InChI=1S/C20H17F5N2O4/c1-18-6-10(8-30-17(21)22)19(2,31-18)14-13(18)15(28)27(16(14)29)11-4-3-9(7-26)12(5-11)20(23,24)25/h3-5,10,13-14,17H,6,8H2,1-2H3/t10-,13+,14-,18+,19-/m0/s1. The molecule has 3 heterocycles. The van der Waals surface area contributed by atoms with Gasteiger partial charge in [-0.05, 0) is 38.5 Å². The van der Waals surface area contributed by atoms with E-state index in [1.807, 2.05) is 0 Å². The van der Waals surface area contributed by atoms with Gasteiger partial charge in [-0.3, -0.25) is 9.59 Å². The van der Waals surface area contributed by atoms with E-state index in [2.05, 4.69) is 4.74 Å². The molecule has 11 heteroatoms. The number of nitrogens with zero attached hydrogens (tertiary/aromatic N) is 2. The van der Waals surface area contributed by atoms with Crippen LogP contribution in [0.4, 0.5) is 27.6 Å². The maximum atomic E-state index is 13.4. The Morgan fingerprint density at radius 2 is 1.90 bits per heavy atom. The molecule has 0 aromatic heterocycles. The third-order valence-electron chi connectivity index (χ3n) is 6.61. The molecule has 0 saturated carbocycles. The number of rotatable bonds is 4. The first-order valence-corrected chi connectivity index (χ1v) is 9.42. The quantitative estimate of drug-likeness (QED) is 0.525.